The smallest absolute Gasteiger partial charge is 0.225 e. The molecule has 0 radical (unpaired) electrons. The van der Waals surface area contributed by atoms with E-state index in [1.807, 2.05) is 25.4 Å². The lowest BCUT2D eigenvalue weighted by atomic mass is 9.94. The van der Waals surface area contributed by atoms with E-state index in [0.717, 1.165) is 42.4 Å². The average molecular weight is 270 g/mol. The molecule has 1 aromatic heterocycles. The number of fused-ring (bicyclic) bond motifs is 1. The maximum atomic E-state index is 4.69. The Morgan fingerprint density at radius 3 is 2.85 bits per heavy atom. The Balaban J connectivity index is 1.67. The molecule has 1 aliphatic heterocycles. The molecule has 0 bridgehead atoms. The molecule has 0 amide bonds. The molecule has 4 heteroatoms. The van der Waals surface area contributed by atoms with Crippen LogP contribution >= 0.6 is 0 Å². The summed E-state index contributed by atoms with van der Waals surface area (Å²) in [7, 11) is 2.03. The number of hydrogen-bond donors (Lipinski definition) is 1. The van der Waals surface area contributed by atoms with E-state index in [0.29, 0.717) is 0 Å². The van der Waals surface area contributed by atoms with Crippen LogP contribution in [0.4, 0.5) is 5.95 Å². The first-order valence-electron chi connectivity index (χ1n) is 7.48. The Morgan fingerprint density at radius 1 is 1.25 bits per heavy atom. The number of nitrogens with zero attached hydrogens (tertiary/aromatic N) is 3. The minimum Gasteiger partial charge on any atom is -0.341 e. The number of para-hydroxylation sites is 1. The van der Waals surface area contributed by atoms with Gasteiger partial charge in [0, 0.05) is 24.7 Å². The summed E-state index contributed by atoms with van der Waals surface area (Å²) in [6, 6.07) is 8.17. The Hall–Kier alpha value is -1.68. The van der Waals surface area contributed by atoms with Crippen molar-refractivity contribution in [3.63, 3.8) is 0 Å². The lowest BCUT2D eigenvalue weighted by Gasteiger charge is -2.32. The highest BCUT2D eigenvalue weighted by Gasteiger charge is 2.20. The highest BCUT2D eigenvalue weighted by atomic mass is 15.2. The lowest BCUT2D eigenvalue weighted by Crippen LogP contribution is -2.35. The van der Waals surface area contributed by atoms with Gasteiger partial charge in [-0.2, -0.15) is 0 Å². The van der Waals surface area contributed by atoms with Crippen LogP contribution in [0.2, 0.25) is 0 Å². The second kappa shape index (κ2) is 6.18. The topological polar surface area (TPSA) is 41.0 Å². The molecule has 1 aromatic carbocycles. The standard InChI is InChI=1S/C16H22N4/c1-17-9-6-13-7-10-20(11-8-13)16-18-12-14-4-2-3-5-15(14)19-16/h2-5,12-13,17H,6-11H2,1H3. The second-order valence-electron chi connectivity index (χ2n) is 5.55. The molecular weight excluding hydrogens is 248 g/mol. The van der Waals surface area contributed by atoms with Gasteiger partial charge in [-0.25, -0.2) is 9.97 Å². The van der Waals surface area contributed by atoms with Gasteiger partial charge in [-0.1, -0.05) is 18.2 Å². The molecule has 0 atom stereocenters. The number of nitrogens with one attached hydrogen (secondary N) is 1. The first-order chi connectivity index (χ1) is 9.86. The highest BCUT2D eigenvalue weighted by Crippen LogP contribution is 2.23. The van der Waals surface area contributed by atoms with Gasteiger partial charge >= 0.3 is 0 Å². The van der Waals surface area contributed by atoms with E-state index in [4.69, 9.17) is 0 Å². The predicted molar refractivity (Wildman–Crippen MR) is 83.0 cm³/mol. The van der Waals surface area contributed by atoms with Gasteiger partial charge < -0.3 is 10.2 Å². The third-order valence-corrected chi connectivity index (χ3v) is 4.18. The first-order valence-corrected chi connectivity index (χ1v) is 7.48. The summed E-state index contributed by atoms with van der Waals surface area (Å²) in [6.07, 6.45) is 5.71. The van der Waals surface area contributed by atoms with E-state index in [2.05, 4.69) is 32.3 Å². The fraction of sp³-hybridized carbons (Fsp3) is 0.500. The van der Waals surface area contributed by atoms with Crippen LogP contribution in [0.1, 0.15) is 19.3 Å². The van der Waals surface area contributed by atoms with Crippen molar-refractivity contribution < 1.29 is 0 Å². The Labute approximate surface area is 120 Å². The van der Waals surface area contributed by atoms with Crippen molar-refractivity contribution >= 4 is 16.9 Å². The van der Waals surface area contributed by atoms with Gasteiger partial charge in [0.15, 0.2) is 0 Å². The minimum absolute atomic E-state index is 0.846. The summed E-state index contributed by atoms with van der Waals surface area (Å²) < 4.78 is 0. The molecule has 0 saturated carbocycles. The molecule has 4 nitrogen and oxygen atoms in total. The minimum atomic E-state index is 0.846. The number of aromatic nitrogens is 2. The maximum Gasteiger partial charge on any atom is 0.225 e. The van der Waals surface area contributed by atoms with Gasteiger partial charge in [-0.05, 0) is 44.8 Å². The van der Waals surface area contributed by atoms with Crippen molar-refractivity contribution in [2.45, 2.75) is 19.3 Å². The summed E-state index contributed by atoms with van der Waals surface area (Å²) in [5, 5.41) is 4.35. The molecule has 0 spiro atoms. The summed E-state index contributed by atoms with van der Waals surface area (Å²) in [4.78, 5) is 11.5. The van der Waals surface area contributed by atoms with Crippen LogP contribution in [0, 0.1) is 5.92 Å². The number of benzene rings is 1. The van der Waals surface area contributed by atoms with Crippen molar-refractivity contribution in [3.8, 4) is 0 Å². The number of anilines is 1. The van der Waals surface area contributed by atoms with Crippen LogP contribution in [0.3, 0.4) is 0 Å². The zero-order valence-corrected chi connectivity index (χ0v) is 12.0. The van der Waals surface area contributed by atoms with Gasteiger partial charge in [0.05, 0.1) is 5.52 Å². The van der Waals surface area contributed by atoms with Crippen LogP contribution < -0.4 is 10.2 Å². The normalized spacial score (nSPS) is 16.8. The molecule has 1 N–H and O–H groups in total. The molecule has 1 aliphatic rings. The fourth-order valence-corrected chi connectivity index (χ4v) is 2.88. The van der Waals surface area contributed by atoms with E-state index in [-0.39, 0.29) is 0 Å². The van der Waals surface area contributed by atoms with E-state index in [1.54, 1.807) is 0 Å². The van der Waals surface area contributed by atoms with Gasteiger partial charge in [0.25, 0.3) is 0 Å². The SMILES string of the molecule is CNCCC1CCN(c2ncc3ccccc3n2)CC1. The largest absolute Gasteiger partial charge is 0.341 e. The Morgan fingerprint density at radius 2 is 2.05 bits per heavy atom. The van der Waals surface area contributed by atoms with Crippen molar-refractivity contribution in [2.75, 3.05) is 31.6 Å². The molecule has 106 valence electrons. The molecule has 1 saturated heterocycles. The molecule has 3 rings (SSSR count). The van der Waals surface area contributed by atoms with Crippen LogP contribution in [-0.4, -0.2) is 36.6 Å². The van der Waals surface area contributed by atoms with Gasteiger partial charge in [0.1, 0.15) is 0 Å². The number of rotatable bonds is 4. The van der Waals surface area contributed by atoms with Crippen molar-refractivity contribution in [1.29, 1.82) is 0 Å². The van der Waals surface area contributed by atoms with E-state index in [9.17, 15) is 0 Å². The third kappa shape index (κ3) is 2.90. The van der Waals surface area contributed by atoms with Crippen LogP contribution in [-0.2, 0) is 0 Å². The van der Waals surface area contributed by atoms with Crippen molar-refractivity contribution in [3.05, 3.63) is 30.5 Å². The summed E-state index contributed by atoms with van der Waals surface area (Å²) in [5.41, 5.74) is 1.04. The van der Waals surface area contributed by atoms with Crippen LogP contribution in [0.25, 0.3) is 10.9 Å². The van der Waals surface area contributed by atoms with Gasteiger partial charge in [-0.3, -0.25) is 0 Å². The monoisotopic (exact) mass is 270 g/mol. The summed E-state index contributed by atoms with van der Waals surface area (Å²) in [6.45, 7) is 3.27. The zero-order chi connectivity index (χ0) is 13.8. The Bertz CT molecular complexity index is 561. The molecular formula is C16H22N4. The van der Waals surface area contributed by atoms with Crippen molar-refractivity contribution in [1.82, 2.24) is 15.3 Å². The molecule has 2 heterocycles. The maximum absolute atomic E-state index is 4.69. The Kier molecular flexibility index (Phi) is 4.11. The quantitative estimate of drug-likeness (QED) is 0.926. The summed E-state index contributed by atoms with van der Waals surface area (Å²) in [5.74, 6) is 1.73. The summed E-state index contributed by atoms with van der Waals surface area (Å²) >= 11 is 0. The zero-order valence-electron chi connectivity index (χ0n) is 12.0. The molecule has 2 aromatic rings. The highest BCUT2D eigenvalue weighted by molar-refractivity contribution is 5.78. The van der Waals surface area contributed by atoms with E-state index in [1.165, 1.54) is 19.3 Å². The third-order valence-electron chi connectivity index (χ3n) is 4.18. The second-order valence-corrected chi connectivity index (χ2v) is 5.55. The van der Waals surface area contributed by atoms with Crippen LogP contribution in [0.15, 0.2) is 30.5 Å². The average Bonchev–Trinajstić information content (AvgIpc) is 2.53. The predicted octanol–water partition coefficient (Wildman–Crippen LogP) is 2.46. The number of hydrogen-bond acceptors (Lipinski definition) is 4. The first kappa shape index (κ1) is 13.3. The molecule has 0 unspecified atom stereocenters. The van der Waals surface area contributed by atoms with E-state index >= 15 is 0 Å². The lowest BCUT2D eigenvalue weighted by molar-refractivity contribution is 0.376. The van der Waals surface area contributed by atoms with Crippen molar-refractivity contribution in [2.24, 2.45) is 5.92 Å². The molecule has 0 aliphatic carbocycles. The van der Waals surface area contributed by atoms with Gasteiger partial charge in [-0.15, -0.1) is 0 Å². The van der Waals surface area contributed by atoms with Crippen LogP contribution in [0.5, 0.6) is 0 Å². The molecule has 20 heavy (non-hydrogen) atoms. The van der Waals surface area contributed by atoms with E-state index < -0.39 is 0 Å². The molecule has 1 fully saturated rings. The number of piperidine rings is 1. The fourth-order valence-electron chi connectivity index (χ4n) is 2.88. The van der Waals surface area contributed by atoms with Gasteiger partial charge in [0.2, 0.25) is 5.95 Å².